The summed E-state index contributed by atoms with van der Waals surface area (Å²) in [4.78, 5) is 25.0. The zero-order valence-corrected chi connectivity index (χ0v) is 14.6. The van der Waals surface area contributed by atoms with Crippen LogP contribution in [0.25, 0.3) is 0 Å². The van der Waals surface area contributed by atoms with E-state index in [-0.39, 0.29) is 18.6 Å². The predicted octanol–water partition coefficient (Wildman–Crippen LogP) is 3.43. The molecule has 0 saturated carbocycles. The van der Waals surface area contributed by atoms with Gasteiger partial charge in [0.05, 0.1) is 5.41 Å². The minimum Gasteiger partial charge on any atom is -0.481 e. The van der Waals surface area contributed by atoms with Crippen LogP contribution >= 0.6 is 23.2 Å². The standard InChI is InChI=1S/C16H20Cl2N2O3/c1-10(7-11-3-4-12(17)8-13(11)18)19-15(23)20-6-5-16(2,9-20)14(21)22/h3-4,8,10H,5-7,9H2,1-2H3,(H,19,23)(H,21,22). The molecule has 1 fully saturated rings. The van der Waals surface area contributed by atoms with Gasteiger partial charge in [0.25, 0.3) is 0 Å². The number of amides is 2. The van der Waals surface area contributed by atoms with Crippen LogP contribution in [0.2, 0.25) is 10.0 Å². The third-order valence-corrected chi connectivity index (χ3v) is 4.77. The summed E-state index contributed by atoms with van der Waals surface area (Å²) in [6.07, 6.45) is 1.04. The topological polar surface area (TPSA) is 69.6 Å². The maximum atomic E-state index is 12.3. The number of rotatable bonds is 4. The Bertz CT molecular complexity index is 623. The number of likely N-dealkylation sites (tertiary alicyclic amines) is 1. The molecule has 1 aliphatic rings. The van der Waals surface area contributed by atoms with Crippen LogP contribution in [0.5, 0.6) is 0 Å². The molecule has 0 spiro atoms. The van der Waals surface area contributed by atoms with E-state index in [0.29, 0.717) is 29.4 Å². The van der Waals surface area contributed by atoms with E-state index in [9.17, 15) is 14.7 Å². The van der Waals surface area contributed by atoms with E-state index >= 15 is 0 Å². The van der Waals surface area contributed by atoms with Crippen molar-refractivity contribution in [1.29, 1.82) is 0 Å². The lowest BCUT2D eigenvalue weighted by atomic mass is 9.90. The van der Waals surface area contributed by atoms with Gasteiger partial charge >= 0.3 is 12.0 Å². The first-order chi connectivity index (χ1) is 10.7. The van der Waals surface area contributed by atoms with Crippen molar-refractivity contribution in [3.63, 3.8) is 0 Å². The number of carbonyl (C=O) groups is 2. The van der Waals surface area contributed by atoms with Gasteiger partial charge in [0.1, 0.15) is 0 Å². The van der Waals surface area contributed by atoms with Gasteiger partial charge in [0.15, 0.2) is 0 Å². The largest absolute Gasteiger partial charge is 0.481 e. The van der Waals surface area contributed by atoms with E-state index < -0.39 is 11.4 Å². The average molecular weight is 359 g/mol. The molecule has 1 aromatic carbocycles. The maximum Gasteiger partial charge on any atom is 0.317 e. The number of nitrogens with one attached hydrogen (secondary N) is 1. The van der Waals surface area contributed by atoms with Crippen LogP contribution in [-0.4, -0.2) is 41.1 Å². The zero-order valence-electron chi connectivity index (χ0n) is 13.1. The van der Waals surface area contributed by atoms with E-state index in [1.165, 1.54) is 0 Å². The number of benzene rings is 1. The molecule has 5 nitrogen and oxygen atoms in total. The summed E-state index contributed by atoms with van der Waals surface area (Å²) < 4.78 is 0. The van der Waals surface area contributed by atoms with E-state index in [2.05, 4.69) is 5.32 Å². The Balaban J connectivity index is 1.92. The summed E-state index contributed by atoms with van der Waals surface area (Å²) in [5.41, 5.74) is 0.0423. The Morgan fingerprint density at radius 1 is 1.43 bits per heavy atom. The monoisotopic (exact) mass is 358 g/mol. The molecule has 1 aromatic rings. The zero-order chi connectivity index (χ0) is 17.2. The number of carbonyl (C=O) groups excluding carboxylic acids is 1. The molecule has 1 heterocycles. The molecule has 2 atom stereocenters. The maximum absolute atomic E-state index is 12.3. The van der Waals surface area contributed by atoms with Gasteiger partial charge in [-0.25, -0.2) is 4.79 Å². The molecule has 0 aliphatic carbocycles. The number of hydrogen-bond acceptors (Lipinski definition) is 2. The number of carboxylic acid groups (broad SMARTS) is 1. The Hall–Kier alpha value is -1.46. The smallest absolute Gasteiger partial charge is 0.317 e. The Morgan fingerprint density at radius 2 is 2.13 bits per heavy atom. The van der Waals surface area contributed by atoms with Crippen molar-refractivity contribution in [2.75, 3.05) is 13.1 Å². The summed E-state index contributed by atoms with van der Waals surface area (Å²) in [6.45, 7) is 4.22. The first-order valence-electron chi connectivity index (χ1n) is 7.44. The lowest BCUT2D eigenvalue weighted by Crippen LogP contribution is -2.44. The summed E-state index contributed by atoms with van der Waals surface area (Å²) in [5.74, 6) is -0.867. The van der Waals surface area contributed by atoms with Crippen LogP contribution in [0.3, 0.4) is 0 Å². The van der Waals surface area contributed by atoms with Crippen LogP contribution in [0, 0.1) is 5.41 Å². The molecule has 1 aliphatic heterocycles. The number of hydrogen-bond donors (Lipinski definition) is 2. The van der Waals surface area contributed by atoms with Crippen molar-refractivity contribution in [2.45, 2.75) is 32.7 Å². The van der Waals surface area contributed by atoms with Gasteiger partial charge in [-0.3, -0.25) is 4.79 Å². The highest BCUT2D eigenvalue weighted by atomic mass is 35.5. The van der Waals surface area contributed by atoms with Crippen LogP contribution in [-0.2, 0) is 11.2 Å². The predicted molar refractivity (Wildman–Crippen MR) is 90.1 cm³/mol. The molecule has 0 aromatic heterocycles. The van der Waals surface area contributed by atoms with Crippen LogP contribution in [0.15, 0.2) is 18.2 Å². The Labute approximate surface area is 145 Å². The molecule has 0 radical (unpaired) electrons. The number of aliphatic carboxylic acids is 1. The van der Waals surface area contributed by atoms with Gasteiger partial charge in [0, 0.05) is 29.2 Å². The molecular formula is C16H20Cl2N2O3. The van der Waals surface area contributed by atoms with Crippen molar-refractivity contribution in [2.24, 2.45) is 5.41 Å². The van der Waals surface area contributed by atoms with E-state index in [1.54, 1.807) is 24.0 Å². The molecule has 2 amide bonds. The number of halogens is 2. The molecule has 0 bridgehead atoms. The fraction of sp³-hybridized carbons (Fsp3) is 0.500. The summed E-state index contributed by atoms with van der Waals surface area (Å²) in [5, 5.41) is 13.2. The fourth-order valence-electron chi connectivity index (χ4n) is 2.68. The van der Waals surface area contributed by atoms with E-state index in [4.69, 9.17) is 23.2 Å². The van der Waals surface area contributed by atoms with E-state index in [0.717, 1.165) is 5.56 Å². The molecule has 126 valence electrons. The second-order valence-corrected chi connectivity index (χ2v) is 7.17. The van der Waals surface area contributed by atoms with Crippen LogP contribution in [0.1, 0.15) is 25.8 Å². The minimum atomic E-state index is -0.867. The quantitative estimate of drug-likeness (QED) is 0.865. The van der Waals surface area contributed by atoms with Gasteiger partial charge in [0.2, 0.25) is 0 Å². The van der Waals surface area contributed by atoms with Crippen molar-refractivity contribution in [3.8, 4) is 0 Å². The average Bonchev–Trinajstić information content (AvgIpc) is 2.86. The first kappa shape index (κ1) is 17.9. The highest BCUT2D eigenvalue weighted by molar-refractivity contribution is 6.35. The normalized spacial score (nSPS) is 22.0. The highest BCUT2D eigenvalue weighted by Crippen LogP contribution is 2.30. The van der Waals surface area contributed by atoms with Crippen LogP contribution < -0.4 is 5.32 Å². The van der Waals surface area contributed by atoms with Gasteiger partial charge in [-0.1, -0.05) is 29.3 Å². The van der Waals surface area contributed by atoms with Crippen molar-refractivity contribution >= 4 is 35.2 Å². The van der Waals surface area contributed by atoms with Gasteiger partial charge in [-0.2, -0.15) is 0 Å². The highest BCUT2D eigenvalue weighted by Gasteiger charge is 2.42. The Morgan fingerprint density at radius 3 is 2.70 bits per heavy atom. The number of carboxylic acids is 1. The summed E-state index contributed by atoms with van der Waals surface area (Å²) >= 11 is 12.0. The SMILES string of the molecule is CC(Cc1ccc(Cl)cc1Cl)NC(=O)N1CCC(C)(C(=O)O)C1. The molecule has 7 heteroatoms. The number of nitrogens with zero attached hydrogens (tertiary/aromatic N) is 1. The van der Waals surface area contributed by atoms with E-state index in [1.807, 2.05) is 13.0 Å². The second kappa shape index (κ2) is 6.97. The molecule has 2 rings (SSSR count). The van der Waals surface area contributed by atoms with Gasteiger partial charge in [-0.05, 0) is 44.4 Å². The molecule has 1 saturated heterocycles. The summed E-state index contributed by atoms with van der Waals surface area (Å²) in [7, 11) is 0. The molecule has 2 N–H and O–H groups in total. The van der Waals surface area contributed by atoms with Crippen molar-refractivity contribution in [1.82, 2.24) is 10.2 Å². The molecular weight excluding hydrogens is 339 g/mol. The van der Waals surface area contributed by atoms with Gasteiger partial charge < -0.3 is 15.3 Å². The number of urea groups is 1. The van der Waals surface area contributed by atoms with Gasteiger partial charge in [-0.15, -0.1) is 0 Å². The van der Waals surface area contributed by atoms with Crippen molar-refractivity contribution in [3.05, 3.63) is 33.8 Å². The third kappa shape index (κ3) is 4.30. The Kier molecular flexibility index (Phi) is 5.42. The summed E-state index contributed by atoms with van der Waals surface area (Å²) in [6, 6.07) is 4.90. The minimum absolute atomic E-state index is 0.127. The first-order valence-corrected chi connectivity index (χ1v) is 8.19. The van der Waals surface area contributed by atoms with Crippen LogP contribution in [0.4, 0.5) is 4.79 Å². The lowest BCUT2D eigenvalue weighted by molar-refractivity contribution is -0.146. The second-order valence-electron chi connectivity index (χ2n) is 6.33. The lowest BCUT2D eigenvalue weighted by Gasteiger charge is -2.23. The molecule has 23 heavy (non-hydrogen) atoms. The molecule has 2 unspecified atom stereocenters. The third-order valence-electron chi connectivity index (χ3n) is 4.19. The fourth-order valence-corrected chi connectivity index (χ4v) is 3.16. The van der Waals surface area contributed by atoms with Crippen molar-refractivity contribution < 1.29 is 14.7 Å².